The van der Waals surface area contributed by atoms with E-state index in [9.17, 15) is 0 Å². The van der Waals surface area contributed by atoms with Gasteiger partial charge in [0.25, 0.3) is 0 Å². The van der Waals surface area contributed by atoms with Gasteiger partial charge in [-0.3, -0.25) is 4.99 Å². The number of nitrogens with zero attached hydrogens (tertiary/aromatic N) is 2. The van der Waals surface area contributed by atoms with Gasteiger partial charge in [-0.2, -0.15) is 0 Å². The van der Waals surface area contributed by atoms with Gasteiger partial charge in [0.05, 0.1) is 12.2 Å². The van der Waals surface area contributed by atoms with E-state index in [0.717, 1.165) is 17.4 Å². The van der Waals surface area contributed by atoms with Crippen molar-refractivity contribution in [2.75, 3.05) is 7.05 Å². The number of hydrogen-bond donors (Lipinski definition) is 2. The van der Waals surface area contributed by atoms with Gasteiger partial charge in [0.15, 0.2) is 11.7 Å². The zero-order valence-corrected chi connectivity index (χ0v) is 14.9. The maximum absolute atomic E-state index is 5.26. The Balaban J connectivity index is 0.00000324. The number of guanidine groups is 1. The van der Waals surface area contributed by atoms with Gasteiger partial charge in [-0.25, -0.2) is 0 Å². The Hall–Kier alpha value is -0.790. The molecule has 0 atom stereocenters. The van der Waals surface area contributed by atoms with Gasteiger partial charge >= 0.3 is 0 Å². The first-order chi connectivity index (χ1) is 8.31. The van der Waals surface area contributed by atoms with Crippen molar-refractivity contribution in [1.82, 2.24) is 15.8 Å². The van der Waals surface area contributed by atoms with Crippen molar-refractivity contribution in [2.24, 2.45) is 4.99 Å². The molecule has 0 aliphatic rings. The lowest BCUT2D eigenvalue weighted by molar-refractivity contribution is 0.371. The second kappa shape index (κ2) is 7.72. The fourth-order valence-corrected chi connectivity index (χ4v) is 1.39. The lowest BCUT2D eigenvalue weighted by Gasteiger charge is -2.23. The predicted molar refractivity (Wildman–Crippen MR) is 89.1 cm³/mol. The van der Waals surface area contributed by atoms with E-state index in [-0.39, 0.29) is 29.5 Å². The maximum atomic E-state index is 5.26. The van der Waals surface area contributed by atoms with Crippen LogP contribution in [0.1, 0.15) is 52.0 Å². The summed E-state index contributed by atoms with van der Waals surface area (Å²) in [5.41, 5.74) is 0.956. The van der Waals surface area contributed by atoms with E-state index in [1.54, 1.807) is 7.05 Å². The minimum Gasteiger partial charge on any atom is -0.359 e. The van der Waals surface area contributed by atoms with Crippen LogP contribution in [0.15, 0.2) is 15.6 Å². The number of aliphatic imine (C=N–C) groups is 1. The van der Waals surface area contributed by atoms with Crippen molar-refractivity contribution >= 4 is 29.9 Å². The van der Waals surface area contributed by atoms with E-state index >= 15 is 0 Å². The molecular formula is C13H25IN4O. The average Bonchev–Trinajstić information content (AvgIpc) is 2.71. The quantitative estimate of drug-likeness (QED) is 0.481. The van der Waals surface area contributed by atoms with Gasteiger partial charge in [0, 0.05) is 18.7 Å². The minimum atomic E-state index is -0.0215. The molecule has 0 unspecified atom stereocenters. The van der Waals surface area contributed by atoms with Crippen LogP contribution in [0.3, 0.4) is 0 Å². The Morgan fingerprint density at radius 2 is 2.05 bits per heavy atom. The van der Waals surface area contributed by atoms with E-state index in [2.05, 4.69) is 55.4 Å². The molecule has 1 aromatic heterocycles. The Kier molecular flexibility index (Phi) is 7.39. The molecule has 1 heterocycles. The van der Waals surface area contributed by atoms with Crippen molar-refractivity contribution in [3.63, 3.8) is 0 Å². The second-order valence-corrected chi connectivity index (χ2v) is 5.67. The molecule has 0 fully saturated rings. The first kappa shape index (κ1) is 18.2. The molecule has 0 saturated heterocycles. The molecule has 0 amide bonds. The molecule has 0 saturated carbocycles. The molecule has 0 aliphatic carbocycles. The van der Waals surface area contributed by atoms with E-state index in [1.807, 2.05) is 6.07 Å². The van der Waals surface area contributed by atoms with Crippen LogP contribution in [0, 0.1) is 0 Å². The Labute approximate surface area is 132 Å². The average molecular weight is 380 g/mol. The van der Waals surface area contributed by atoms with Crippen molar-refractivity contribution < 1.29 is 4.52 Å². The summed E-state index contributed by atoms with van der Waals surface area (Å²) >= 11 is 0. The van der Waals surface area contributed by atoms with E-state index < -0.39 is 0 Å². The van der Waals surface area contributed by atoms with Gasteiger partial charge in [-0.05, 0) is 26.7 Å². The summed E-state index contributed by atoms with van der Waals surface area (Å²) in [4.78, 5) is 4.16. The molecule has 110 valence electrons. The van der Waals surface area contributed by atoms with Gasteiger partial charge in [0.2, 0.25) is 0 Å². The number of hydrogen-bond acceptors (Lipinski definition) is 3. The van der Waals surface area contributed by atoms with Crippen LogP contribution in [0.2, 0.25) is 0 Å². The van der Waals surface area contributed by atoms with Gasteiger partial charge in [-0.15, -0.1) is 24.0 Å². The van der Waals surface area contributed by atoms with Crippen molar-refractivity contribution in [2.45, 2.75) is 52.6 Å². The molecule has 0 aliphatic heterocycles. The number of rotatable bonds is 3. The molecule has 1 rings (SSSR count). The van der Waals surface area contributed by atoms with Gasteiger partial charge < -0.3 is 15.2 Å². The summed E-state index contributed by atoms with van der Waals surface area (Å²) in [6.07, 6.45) is 0. The number of nitrogens with one attached hydrogen (secondary N) is 2. The van der Waals surface area contributed by atoms with E-state index in [1.165, 1.54) is 0 Å². The Morgan fingerprint density at radius 1 is 1.42 bits per heavy atom. The van der Waals surface area contributed by atoms with Crippen LogP contribution in [-0.2, 0) is 6.54 Å². The lowest BCUT2D eigenvalue weighted by atomic mass is 10.1. The fraction of sp³-hybridized carbons (Fsp3) is 0.692. The summed E-state index contributed by atoms with van der Waals surface area (Å²) in [6.45, 7) is 11.0. The normalized spacial score (nSPS) is 12.3. The van der Waals surface area contributed by atoms with Gasteiger partial charge in [0.1, 0.15) is 0 Å². The summed E-state index contributed by atoms with van der Waals surface area (Å²) in [6, 6.07) is 1.97. The highest BCUT2D eigenvalue weighted by atomic mass is 127. The largest absolute Gasteiger partial charge is 0.359 e. The molecule has 0 bridgehead atoms. The summed E-state index contributed by atoms with van der Waals surface area (Å²) in [5, 5.41) is 10.5. The highest BCUT2D eigenvalue weighted by Gasteiger charge is 2.12. The van der Waals surface area contributed by atoms with Crippen LogP contribution >= 0.6 is 24.0 Å². The molecule has 1 aromatic rings. The lowest BCUT2D eigenvalue weighted by Crippen LogP contribution is -2.47. The van der Waals surface area contributed by atoms with Crippen LogP contribution < -0.4 is 10.6 Å². The molecule has 6 heteroatoms. The number of halogens is 1. The molecule has 0 radical (unpaired) electrons. The predicted octanol–water partition coefficient (Wildman–Crippen LogP) is 2.88. The Bertz CT molecular complexity index is 407. The van der Waals surface area contributed by atoms with E-state index in [4.69, 9.17) is 4.52 Å². The first-order valence-corrected chi connectivity index (χ1v) is 6.26. The maximum Gasteiger partial charge on any atom is 0.191 e. The van der Waals surface area contributed by atoms with Crippen LogP contribution in [0.25, 0.3) is 0 Å². The second-order valence-electron chi connectivity index (χ2n) is 5.67. The summed E-state index contributed by atoms with van der Waals surface area (Å²) in [7, 11) is 1.75. The van der Waals surface area contributed by atoms with Crippen molar-refractivity contribution in [3.8, 4) is 0 Å². The van der Waals surface area contributed by atoms with E-state index in [0.29, 0.717) is 12.5 Å². The van der Waals surface area contributed by atoms with Crippen molar-refractivity contribution in [3.05, 3.63) is 17.5 Å². The van der Waals surface area contributed by atoms with Crippen molar-refractivity contribution in [1.29, 1.82) is 0 Å². The number of aromatic nitrogens is 1. The minimum absolute atomic E-state index is 0. The smallest absolute Gasteiger partial charge is 0.191 e. The third-order valence-electron chi connectivity index (χ3n) is 2.32. The molecule has 2 N–H and O–H groups in total. The van der Waals surface area contributed by atoms with Gasteiger partial charge in [-0.1, -0.05) is 19.0 Å². The third kappa shape index (κ3) is 6.79. The molecule has 0 spiro atoms. The van der Waals surface area contributed by atoms with Crippen LogP contribution in [-0.4, -0.2) is 23.7 Å². The zero-order valence-electron chi connectivity index (χ0n) is 12.6. The SMILES string of the molecule is CN=C(NCc1cc(C(C)C)no1)NC(C)(C)C.I. The Morgan fingerprint density at radius 3 is 2.47 bits per heavy atom. The first-order valence-electron chi connectivity index (χ1n) is 6.26. The molecular weight excluding hydrogens is 355 g/mol. The zero-order chi connectivity index (χ0) is 13.8. The standard InChI is InChI=1S/C13H24N4O.HI/c1-9(2)11-7-10(18-17-11)8-15-12(14-6)16-13(3,4)5;/h7,9H,8H2,1-6H3,(H2,14,15,16);1H. The highest BCUT2D eigenvalue weighted by molar-refractivity contribution is 14.0. The molecule has 19 heavy (non-hydrogen) atoms. The summed E-state index contributed by atoms with van der Waals surface area (Å²) < 4.78 is 5.26. The topological polar surface area (TPSA) is 62.5 Å². The fourth-order valence-electron chi connectivity index (χ4n) is 1.39. The van der Waals surface area contributed by atoms with Crippen LogP contribution in [0.4, 0.5) is 0 Å². The van der Waals surface area contributed by atoms with Crippen LogP contribution in [0.5, 0.6) is 0 Å². The highest BCUT2D eigenvalue weighted by Crippen LogP contribution is 2.13. The molecule has 0 aromatic carbocycles. The molecule has 5 nitrogen and oxygen atoms in total. The third-order valence-corrected chi connectivity index (χ3v) is 2.32. The monoisotopic (exact) mass is 380 g/mol. The summed E-state index contributed by atoms with van der Waals surface area (Å²) in [5.74, 6) is 1.95.